The summed E-state index contributed by atoms with van der Waals surface area (Å²) < 4.78 is 0. The quantitative estimate of drug-likeness (QED) is 0.552. The summed E-state index contributed by atoms with van der Waals surface area (Å²) >= 11 is 6.69. The van der Waals surface area contributed by atoms with Gasteiger partial charge in [-0.1, -0.05) is 68.9 Å². The van der Waals surface area contributed by atoms with Crippen LogP contribution in [0.3, 0.4) is 0 Å². The van der Waals surface area contributed by atoms with Gasteiger partial charge in [-0.3, -0.25) is 0 Å². The molecule has 0 amide bonds. The number of hydrogen-bond donors (Lipinski definition) is 0. The first-order valence-corrected chi connectivity index (χ1v) is 8.82. The zero-order chi connectivity index (χ0) is 14.4. The van der Waals surface area contributed by atoms with E-state index in [1.165, 1.54) is 56.1 Å². The van der Waals surface area contributed by atoms with Crippen molar-refractivity contribution in [2.24, 2.45) is 11.8 Å². The van der Waals surface area contributed by atoms with E-state index >= 15 is 0 Å². The molecule has 1 aliphatic carbocycles. The Kier molecular flexibility index (Phi) is 6.42. The van der Waals surface area contributed by atoms with Crippen LogP contribution in [0.25, 0.3) is 0 Å². The summed E-state index contributed by atoms with van der Waals surface area (Å²) in [5.74, 6) is 1.71. The molecule has 20 heavy (non-hydrogen) atoms. The van der Waals surface area contributed by atoms with Crippen LogP contribution in [0.1, 0.15) is 63.0 Å². The van der Waals surface area contributed by atoms with Gasteiger partial charge in [0.05, 0.1) is 0 Å². The molecule has 1 saturated carbocycles. The van der Waals surface area contributed by atoms with E-state index in [1.807, 2.05) is 0 Å². The van der Waals surface area contributed by atoms with Crippen LogP contribution in [0.15, 0.2) is 24.3 Å². The third-order valence-electron chi connectivity index (χ3n) is 4.92. The Hall–Kier alpha value is -0.490. The lowest BCUT2D eigenvalue weighted by Crippen LogP contribution is -2.23. The van der Waals surface area contributed by atoms with Gasteiger partial charge in [-0.2, -0.15) is 0 Å². The highest BCUT2D eigenvalue weighted by Crippen LogP contribution is 2.36. The first-order chi connectivity index (χ1) is 9.69. The minimum Gasteiger partial charge on any atom is -0.122 e. The van der Waals surface area contributed by atoms with E-state index in [9.17, 15) is 0 Å². The molecule has 1 aliphatic rings. The molecule has 1 unspecified atom stereocenters. The molecule has 1 heteroatoms. The SMILES string of the molecule is CCCCC1CCC(C(Cl)Cc2ccc(C)cc2)CC1. The Balaban J connectivity index is 1.76. The number of hydrogen-bond acceptors (Lipinski definition) is 0. The minimum atomic E-state index is 0.324. The van der Waals surface area contributed by atoms with Crippen molar-refractivity contribution in [2.75, 3.05) is 0 Å². The molecule has 1 aromatic rings. The van der Waals surface area contributed by atoms with Crippen molar-refractivity contribution in [1.29, 1.82) is 0 Å². The average Bonchev–Trinajstić information content (AvgIpc) is 2.48. The third kappa shape index (κ3) is 4.81. The first-order valence-electron chi connectivity index (χ1n) is 8.38. The Bertz CT molecular complexity index is 373. The van der Waals surface area contributed by atoms with E-state index in [2.05, 4.69) is 38.1 Å². The summed E-state index contributed by atoms with van der Waals surface area (Å²) in [6.45, 7) is 4.43. The normalized spacial score (nSPS) is 24.6. The van der Waals surface area contributed by atoms with Gasteiger partial charge in [-0.25, -0.2) is 0 Å². The van der Waals surface area contributed by atoms with E-state index in [4.69, 9.17) is 11.6 Å². The minimum absolute atomic E-state index is 0.324. The van der Waals surface area contributed by atoms with Gasteiger partial charge < -0.3 is 0 Å². The molecule has 0 aliphatic heterocycles. The second-order valence-corrected chi connectivity index (χ2v) is 7.19. The Morgan fingerprint density at radius 3 is 2.35 bits per heavy atom. The summed E-state index contributed by atoms with van der Waals surface area (Å²) in [6.07, 6.45) is 10.7. The largest absolute Gasteiger partial charge is 0.122 e. The van der Waals surface area contributed by atoms with Gasteiger partial charge in [-0.05, 0) is 43.6 Å². The molecule has 0 bridgehead atoms. The summed E-state index contributed by atoms with van der Waals surface area (Å²) in [7, 11) is 0. The van der Waals surface area contributed by atoms with Crippen molar-refractivity contribution < 1.29 is 0 Å². The summed E-state index contributed by atoms with van der Waals surface area (Å²) in [5, 5.41) is 0.324. The number of rotatable bonds is 6. The lowest BCUT2D eigenvalue weighted by atomic mass is 9.77. The molecule has 0 N–H and O–H groups in total. The van der Waals surface area contributed by atoms with Crippen LogP contribution in [-0.4, -0.2) is 5.38 Å². The van der Waals surface area contributed by atoms with Crippen LogP contribution in [0.5, 0.6) is 0 Å². The van der Waals surface area contributed by atoms with Crippen molar-refractivity contribution in [1.82, 2.24) is 0 Å². The predicted molar refractivity (Wildman–Crippen MR) is 89.5 cm³/mol. The van der Waals surface area contributed by atoms with Crippen LogP contribution < -0.4 is 0 Å². The van der Waals surface area contributed by atoms with Crippen LogP contribution in [0.4, 0.5) is 0 Å². The summed E-state index contributed by atoms with van der Waals surface area (Å²) in [5.41, 5.74) is 2.72. The lowest BCUT2D eigenvalue weighted by Gasteiger charge is -2.31. The van der Waals surface area contributed by atoms with Crippen LogP contribution in [-0.2, 0) is 6.42 Å². The Labute approximate surface area is 129 Å². The topological polar surface area (TPSA) is 0 Å². The molecule has 112 valence electrons. The zero-order valence-electron chi connectivity index (χ0n) is 13.1. The molecule has 1 atom stereocenters. The highest BCUT2D eigenvalue weighted by Gasteiger charge is 2.26. The number of alkyl halides is 1. The fraction of sp³-hybridized carbons (Fsp3) is 0.684. The fourth-order valence-corrected chi connectivity index (χ4v) is 3.88. The second-order valence-electron chi connectivity index (χ2n) is 6.63. The van der Waals surface area contributed by atoms with Gasteiger partial charge in [0.1, 0.15) is 0 Å². The molecule has 0 spiro atoms. The van der Waals surface area contributed by atoms with Crippen molar-refractivity contribution in [3.05, 3.63) is 35.4 Å². The zero-order valence-corrected chi connectivity index (χ0v) is 13.8. The van der Waals surface area contributed by atoms with Gasteiger partial charge >= 0.3 is 0 Å². The number of unbranched alkanes of at least 4 members (excludes halogenated alkanes) is 1. The first kappa shape index (κ1) is 15.9. The molecule has 1 aromatic carbocycles. The van der Waals surface area contributed by atoms with Gasteiger partial charge in [-0.15, -0.1) is 11.6 Å². The lowest BCUT2D eigenvalue weighted by molar-refractivity contribution is 0.253. The van der Waals surface area contributed by atoms with Gasteiger partial charge in [0, 0.05) is 5.38 Å². The summed E-state index contributed by atoms with van der Waals surface area (Å²) in [6, 6.07) is 8.86. The maximum atomic E-state index is 6.69. The molecule has 1 fully saturated rings. The smallest absolute Gasteiger partial charge is 0.0404 e. The third-order valence-corrected chi connectivity index (χ3v) is 5.43. The molecule has 0 radical (unpaired) electrons. The number of benzene rings is 1. The molecular weight excluding hydrogens is 264 g/mol. The molecule has 0 saturated heterocycles. The Morgan fingerprint density at radius 2 is 1.75 bits per heavy atom. The maximum absolute atomic E-state index is 6.69. The van der Waals surface area contributed by atoms with Gasteiger partial charge in [0.15, 0.2) is 0 Å². The monoisotopic (exact) mass is 292 g/mol. The van der Waals surface area contributed by atoms with Gasteiger partial charge in [0.2, 0.25) is 0 Å². The Morgan fingerprint density at radius 1 is 1.10 bits per heavy atom. The molecule has 0 heterocycles. The maximum Gasteiger partial charge on any atom is 0.0404 e. The van der Waals surface area contributed by atoms with Crippen LogP contribution in [0, 0.1) is 18.8 Å². The van der Waals surface area contributed by atoms with E-state index in [0.29, 0.717) is 5.38 Å². The van der Waals surface area contributed by atoms with E-state index in [0.717, 1.165) is 18.3 Å². The molecular formula is C19H29Cl. The predicted octanol–water partition coefficient (Wildman–Crippen LogP) is 6.14. The van der Waals surface area contributed by atoms with E-state index in [-0.39, 0.29) is 0 Å². The van der Waals surface area contributed by atoms with E-state index < -0.39 is 0 Å². The fourth-order valence-electron chi connectivity index (χ4n) is 3.45. The van der Waals surface area contributed by atoms with E-state index in [1.54, 1.807) is 0 Å². The standard InChI is InChI=1S/C19H29Cl/c1-3-4-5-16-10-12-18(13-11-16)19(20)14-17-8-6-15(2)7-9-17/h6-9,16,18-19H,3-5,10-14H2,1-2H3. The highest BCUT2D eigenvalue weighted by atomic mass is 35.5. The number of aryl methyl sites for hydroxylation is 1. The molecule has 0 nitrogen and oxygen atoms in total. The van der Waals surface area contributed by atoms with Crippen molar-refractivity contribution in [3.8, 4) is 0 Å². The van der Waals surface area contributed by atoms with Crippen molar-refractivity contribution in [2.45, 2.75) is 70.6 Å². The number of halogens is 1. The highest BCUT2D eigenvalue weighted by molar-refractivity contribution is 6.20. The van der Waals surface area contributed by atoms with Crippen LogP contribution in [0.2, 0.25) is 0 Å². The van der Waals surface area contributed by atoms with Crippen molar-refractivity contribution >= 4 is 11.6 Å². The second kappa shape index (κ2) is 8.08. The molecule has 2 rings (SSSR count). The average molecular weight is 293 g/mol. The molecule has 0 aromatic heterocycles. The summed E-state index contributed by atoms with van der Waals surface area (Å²) in [4.78, 5) is 0. The van der Waals surface area contributed by atoms with Crippen LogP contribution >= 0.6 is 11.6 Å². The van der Waals surface area contributed by atoms with Crippen molar-refractivity contribution in [3.63, 3.8) is 0 Å². The van der Waals surface area contributed by atoms with Gasteiger partial charge in [0.25, 0.3) is 0 Å².